The molecule has 1 rings (SSSR count). The quantitative estimate of drug-likeness (QED) is 0.401. The molecule has 1 aromatic carbocycles. The summed E-state index contributed by atoms with van der Waals surface area (Å²) in [6, 6.07) is 4.23. The fraction of sp³-hybridized carbons (Fsp3) is 0.556. The highest BCUT2D eigenvalue weighted by Gasteiger charge is 2.46. The molecule has 0 spiro atoms. The number of carbonyl (C=O) groups is 2. The molecule has 0 radical (unpaired) electrons. The molecular weight excluding hydrogens is 379 g/mol. The van der Waals surface area contributed by atoms with Gasteiger partial charge in [0, 0.05) is 10.9 Å². The number of hydrogen-bond acceptors (Lipinski definition) is 2. The lowest BCUT2D eigenvalue weighted by molar-refractivity contribution is -0.165. The van der Waals surface area contributed by atoms with Gasteiger partial charge in [-0.1, -0.05) is 67.4 Å². The first-order valence-electron chi connectivity index (χ1n) is 8.24. The third kappa shape index (κ3) is 5.58. The normalized spacial score (nSPS) is 11.5. The highest BCUT2D eigenvalue weighted by molar-refractivity contribution is 9.10. The van der Waals surface area contributed by atoms with Crippen LogP contribution in [-0.4, -0.2) is 22.2 Å². The summed E-state index contributed by atoms with van der Waals surface area (Å²) < 4.78 is 14.5. The summed E-state index contributed by atoms with van der Waals surface area (Å²) in [4.78, 5) is 23.4. The van der Waals surface area contributed by atoms with Gasteiger partial charge < -0.3 is 10.2 Å². The van der Waals surface area contributed by atoms with Gasteiger partial charge in [0.2, 0.25) is 0 Å². The lowest BCUT2D eigenvalue weighted by Crippen LogP contribution is -2.41. The summed E-state index contributed by atoms with van der Waals surface area (Å²) in [6.45, 7) is 2.10. The van der Waals surface area contributed by atoms with E-state index in [0.717, 1.165) is 32.1 Å². The monoisotopic (exact) mass is 402 g/mol. The van der Waals surface area contributed by atoms with Crippen LogP contribution in [0.15, 0.2) is 22.7 Å². The van der Waals surface area contributed by atoms with Crippen LogP contribution in [0.4, 0.5) is 4.39 Å². The molecular formula is C18H24BrFO4. The second kappa shape index (κ2) is 9.77. The number of hydrogen-bond donors (Lipinski definition) is 2. The zero-order chi connectivity index (χ0) is 18.2. The Balaban J connectivity index is 2.86. The minimum Gasteiger partial charge on any atom is -0.480 e. The van der Waals surface area contributed by atoms with Crippen molar-refractivity contribution in [2.24, 2.45) is 5.41 Å². The zero-order valence-electron chi connectivity index (χ0n) is 13.9. The van der Waals surface area contributed by atoms with Crippen molar-refractivity contribution < 1.29 is 24.2 Å². The van der Waals surface area contributed by atoms with Crippen LogP contribution in [0, 0.1) is 11.2 Å². The van der Waals surface area contributed by atoms with E-state index < -0.39 is 23.2 Å². The average molecular weight is 403 g/mol. The van der Waals surface area contributed by atoms with E-state index in [1.807, 2.05) is 0 Å². The van der Waals surface area contributed by atoms with Crippen LogP contribution < -0.4 is 0 Å². The predicted octanol–water partition coefficient (Wildman–Crippen LogP) is 5.04. The van der Waals surface area contributed by atoms with Gasteiger partial charge in [0.1, 0.15) is 5.82 Å². The molecule has 0 fully saturated rings. The standard InChI is InChI=1S/C18H24BrFO4/c1-2-3-4-5-6-7-10-18(16(21)22,17(23)24)12-13-8-9-14(19)11-15(13)20/h8-9,11H,2-7,10,12H2,1H3,(H,21,22)(H,23,24). The van der Waals surface area contributed by atoms with Crippen LogP contribution in [0.1, 0.15) is 57.4 Å². The van der Waals surface area contributed by atoms with E-state index in [9.17, 15) is 24.2 Å². The molecule has 6 heteroatoms. The van der Waals surface area contributed by atoms with Crippen LogP contribution in [0.25, 0.3) is 0 Å². The van der Waals surface area contributed by atoms with E-state index in [2.05, 4.69) is 22.9 Å². The van der Waals surface area contributed by atoms with Gasteiger partial charge in [0.15, 0.2) is 5.41 Å². The third-order valence-corrected chi connectivity index (χ3v) is 4.78. The van der Waals surface area contributed by atoms with Gasteiger partial charge in [0.25, 0.3) is 0 Å². The van der Waals surface area contributed by atoms with Crippen molar-refractivity contribution in [3.05, 3.63) is 34.1 Å². The highest BCUT2D eigenvalue weighted by Crippen LogP contribution is 2.32. The highest BCUT2D eigenvalue weighted by atomic mass is 79.9. The van der Waals surface area contributed by atoms with Crippen molar-refractivity contribution in [1.82, 2.24) is 0 Å². The van der Waals surface area contributed by atoms with Gasteiger partial charge >= 0.3 is 11.9 Å². The molecule has 0 unspecified atom stereocenters. The van der Waals surface area contributed by atoms with E-state index in [0.29, 0.717) is 10.9 Å². The molecule has 0 aliphatic rings. The fourth-order valence-corrected chi connectivity index (χ4v) is 3.08. The van der Waals surface area contributed by atoms with E-state index in [-0.39, 0.29) is 18.4 Å². The van der Waals surface area contributed by atoms with Crippen molar-refractivity contribution in [3.63, 3.8) is 0 Å². The lowest BCUT2D eigenvalue weighted by atomic mass is 9.77. The van der Waals surface area contributed by atoms with Crippen molar-refractivity contribution in [2.45, 2.75) is 58.3 Å². The molecule has 2 N–H and O–H groups in total. The molecule has 0 aromatic heterocycles. The van der Waals surface area contributed by atoms with Crippen LogP contribution in [0.5, 0.6) is 0 Å². The SMILES string of the molecule is CCCCCCCCC(Cc1ccc(Br)cc1F)(C(=O)O)C(=O)O. The van der Waals surface area contributed by atoms with E-state index in [4.69, 9.17) is 0 Å². The minimum atomic E-state index is -1.99. The average Bonchev–Trinajstić information content (AvgIpc) is 2.51. The summed E-state index contributed by atoms with van der Waals surface area (Å²) >= 11 is 3.13. The summed E-state index contributed by atoms with van der Waals surface area (Å²) in [7, 11) is 0. The van der Waals surface area contributed by atoms with Crippen molar-refractivity contribution >= 4 is 27.9 Å². The first-order chi connectivity index (χ1) is 11.3. The molecule has 0 bridgehead atoms. The zero-order valence-corrected chi connectivity index (χ0v) is 15.4. The molecule has 0 amide bonds. The first-order valence-corrected chi connectivity index (χ1v) is 9.03. The molecule has 134 valence electrons. The van der Waals surface area contributed by atoms with E-state index >= 15 is 0 Å². The van der Waals surface area contributed by atoms with Crippen LogP contribution in [-0.2, 0) is 16.0 Å². The molecule has 4 nitrogen and oxygen atoms in total. The van der Waals surface area contributed by atoms with Crippen molar-refractivity contribution in [2.75, 3.05) is 0 Å². The van der Waals surface area contributed by atoms with Crippen LogP contribution in [0.3, 0.4) is 0 Å². The number of benzene rings is 1. The summed E-state index contributed by atoms with van der Waals surface area (Å²) in [5, 5.41) is 19.1. The van der Waals surface area contributed by atoms with Crippen LogP contribution in [0.2, 0.25) is 0 Å². The molecule has 24 heavy (non-hydrogen) atoms. The Hall–Kier alpha value is -1.43. The third-order valence-electron chi connectivity index (χ3n) is 4.28. The predicted molar refractivity (Wildman–Crippen MR) is 93.5 cm³/mol. The Labute approximate surface area is 150 Å². The van der Waals surface area contributed by atoms with Gasteiger partial charge in [-0.05, 0) is 24.1 Å². The summed E-state index contributed by atoms with van der Waals surface area (Å²) in [5.74, 6) is -3.42. The second-order valence-corrected chi connectivity index (χ2v) is 7.04. The molecule has 0 aliphatic carbocycles. The van der Waals surface area contributed by atoms with Gasteiger partial charge in [0.05, 0.1) is 0 Å². The molecule has 0 atom stereocenters. The number of aliphatic carboxylic acids is 2. The Morgan fingerprint density at radius 1 is 1.08 bits per heavy atom. The van der Waals surface area contributed by atoms with Crippen molar-refractivity contribution in [1.29, 1.82) is 0 Å². The maximum atomic E-state index is 14.0. The Morgan fingerprint density at radius 2 is 1.67 bits per heavy atom. The fourth-order valence-electron chi connectivity index (χ4n) is 2.74. The minimum absolute atomic E-state index is 0.000699. The van der Waals surface area contributed by atoms with Gasteiger partial charge in [-0.15, -0.1) is 0 Å². The number of carboxylic acid groups (broad SMARTS) is 2. The Bertz CT molecular complexity index is 560. The molecule has 0 saturated heterocycles. The topological polar surface area (TPSA) is 74.6 Å². The largest absolute Gasteiger partial charge is 0.480 e. The van der Waals surface area contributed by atoms with Crippen molar-refractivity contribution in [3.8, 4) is 0 Å². The van der Waals surface area contributed by atoms with E-state index in [1.165, 1.54) is 12.1 Å². The Kier molecular flexibility index (Phi) is 8.39. The molecule has 0 heterocycles. The van der Waals surface area contributed by atoms with Gasteiger partial charge in [-0.25, -0.2) is 4.39 Å². The maximum Gasteiger partial charge on any atom is 0.321 e. The number of halogens is 2. The summed E-state index contributed by atoms with van der Waals surface area (Å²) in [6.07, 6.45) is 5.17. The smallest absolute Gasteiger partial charge is 0.321 e. The Morgan fingerprint density at radius 3 is 2.21 bits per heavy atom. The lowest BCUT2D eigenvalue weighted by Gasteiger charge is -2.25. The van der Waals surface area contributed by atoms with Crippen LogP contribution >= 0.6 is 15.9 Å². The van der Waals surface area contributed by atoms with E-state index in [1.54, 1.807) is 6.07 Å². The maximum absolute atomic E-state index is 14.0. The number of carboxylic acids is 2. The number of unbranched alkanes of at least 4 members (excludes halogenated alkanes) is 5. The summed E-state index contributed by atoms with van der Waals surface area (Å²) in [5.41, 5.74) is -1.88. The molecule has 0 aliphatic heterocycles. The second-order valence-electron chi connectivity index (χ2n) is 6.12. The first kappa shape index (κ1) is 20.6. The molecule has 0 saturated carbocycles. The van der Waals surface area contributed by atoms with Gasteiger partial charge in [-0.2, -0.15) is 0 Å². The number of rotatable bonds is 11. The molecule has 1 aromatic rings. The van der Waals surface area contributed by atoms with Gasteiger partial charge in [-0.3, -0.25) is 9.59 Å².